The smallest absolute Gasteiger partial charge is 0.167 e. The van der Waals surface area contributed by atoms with Crippen LogP contribution in [0.15, 0.2) is 110 Å². The summed E-state index contributed by atoms with van der Waals surface area (Å²) in [7, 11) is -2.19. The molecule has 214 valence electrons. The van der Waals surface area contributed by atoms with Crippen molar-refractivity contribution < 1.29 is 9.47 Å². The van der Waals surface area contributed by atoms with Gasteiger partial charge in [0, 0.05) is 12.3 Å². The van der Waals surface area contributed by atoms with E-state index in [2.05, 4.69) is 127 Å². The van der Waals surface area contributed by atoms with Crippen molar-refractivity contribution in [1.82, 2.24) is 19.5 Å². The number of hydrogen-bond donors (Lipinski definition) is 1. The van der Waals surface area contributed by atoms with Crippen LogP contribution in [0.2, 0.25) is 0 Å². The number of nitrogens with zero attached hydrogens (tertiary/aromatic N) is 4. The average Bonchev–Trinajstić information content (AvgIpc) is 3.60. The van der Waals surface area contributed by atoms with Gasteiger partial charge in [-0.25, -0.2) is 15.0 Å². The highest BCUT2D eigenvalue weighted by molar-refractivity contribution is 6.86. The van der Waals surface area contributed by atoms with Gasteiger partial charge < -0.3 is 15.2 Å². The number of fused-ring (bicyclic) bond motifs is 1. The Balaban J connectivity index is 1.56. The summed E-state index contributed by atoms with van der Waals surface area (Å²) in [6.45, 7) is 6.71. The van der Waals surface area contributed by atoms with Crippen LogP contribution >= 0.6 is 0 Å². The molecule has 42 heavy (non-hydrogen) atoms. The van der Waals surface area contributed by atoms with Gasteiger partial charge in [0.25, 0.3) is 0 Å². The fourth-order valence-electron chi connectivity index (χ4n) is 5.96. The number of rotatable bonds is 8. The maximum absolute atomic E-state index is 7.42. The molecule has 2 N–H and O–H groups in total. The fourth-order valence-corrected chi connectivity index (χ4v) is 9.89. The van der Waals surface area contributed by atoms with E-state index >= 15 is 0 Å². The van der Waals surface area contributed by atoms with Crippen molar-refractivity contribution in [1.29, 1.82) is 0 Å². The van der Waals surface area contributed by atoms with Crippen molar-refractivity contribution in [3.8, 4) is 0 Å². The average molecular weight is 576 g/mol. The number of anilines is 1. The zero-order valence-electron chi connectivity index (χ0n) is 24.3. The maximum atomic E-state index is 7.42. The fraction of sp³-hybridized carbons (Fsp3) is 0.265. The lowest BCUT2D eigenvalue weighted by Crippen LogP contribution is -2.61. The number of ether oxygens (including phenoxy) is 2. The Bertz CT molecular complexity index is 1610. The van der Waals surface area contributed by atoms with Crippen LogP contribution in [0.4, 0.5) is 5.82 Å². The van der Waals surface area contributed by atoms with E-state index in [1.165, 1.54) is 16.7 Å². The lowest BCUT2D eigenvalue weighted by atomic mass is 9.99. The Kier molecular flexibility index (Phi) is 7.77. The van der Waals surface area contributed by atoms with Crippen molar-refractivity contribution in [2.75, 3.05) is 12.3 Å². The Labute approximate surface area is 248 Å². The van der Waals surface area contributed by atoms with Gasteiger partial charge in [-0.2, -0.15) is 0 Å². The molecule has 3 atom stereocenters. The molecule has 1 fully saturated rings. The normalized spacial score (nSPS) is 21.0. The number of aromatic nitrogens is 4. The molecular formula is C34H37N5O2Si. The van der Waals surface area contributed by atoms with Crippen molar-refractivity contribution in [3.05, 3.63) is 115 Å². The molecule has 5 aromatic rings. The summed E-state index contributed by atoms with van der Waals surface area (Å²) < 4.78 is 15.9. The van der Waals surface area contributed by atoms with Crippen LogP contribution in [0, 0.1) is 5.92 Å². The predicted octanol–water partition coefficient (Wildman–Crippen LogP) is 4.58. The lowest BCUT2D eigenvalue weighted by Gasteiger charge is -2.38. The third kappa shape index (κ3) is 5.65. The van der Waals surface area contributed by atoms with Crippen molar-refractivity contribution >= 4 is 42.2 Å². The van der Waals surface area contributed by atoms with Crippen LogP contribution < -0.4 is 16.1 Å². The summed E-state index contributed by atoms with van der Waals surface area (Å²) in [5, 5.41) is 1.79. The summed E-state index contributed by atoms with van der Waals surface area (Å²) in [6, 6.07) is 31.9. The van der Waals surface area contributed by atoms with Gasteiger partial charge >= 0.3 is 0 Å². The SMILES string of the molecule is CC(C)(C)OC[C@H]1O[C@](n2cnc3c(N)ncnc32)([SiH](c2ccccc2)c2ccccc2)C[C@@H]1C=Cc1ccccc1. The molecule has 0 radical (unpaired) electrons. The van der Waals surface area contributed by atoms with Gasteiger partial charge in [-0.05, 0) is 26.3 Å². The minimum absolute atomic E-state index is 0.0756. The van der Waals surface area contributed by atoms with Crippen LogP contribution in [-0.2, 0) is 14.8 Å². The van der Waals surface area contributed by atoms with Crippen LogP contribution in [-0.4, -0.2) is 46.6 Å². The number of nitrogen functional groups attached to an aromatic ring is 1. The van der Waals surface area contributed by atoms with Gasteiger partial charge in [-0.3, -0.25) is 4.57 Å². The number of benzene rings is 3. The third-order valence-electron chi connectivity index (χ3n) is 7.86. The molecular weight excluding hydrogens is 538 g/mol. The maximum Gasteiger partial charge on any atom is 0.167 e. The Hall–Kier alpha value is -4.11. The number of hydrogen-bond acceptors (Lipinski definition) is 6. The molecule has 0 saturated carbocycles. The molecule has 1 aliphatic rings. The molecule has 0 aliphatic carbocycles. The highest BCUT2D eigenvalue weighted by Crippen LogP contribution is 2.44. The molecule has 1 aliphatic heterocycles. The van der Waals surface area contributed by atoms with Crippen LogP contribution in [0.1, 0.15) is 32.8 Å². The molecule has 0 spiro atoms. The van der Waals surface area contributed by atoms with Gasteiger partial charge in [0.15, 0.2) is 20.3 Å². The Morgan fingerprint density at radius 2 is 1.55 bits per heavy atom. The van der Waals surface area contributed by atoms with Gasteiger partial charge in [-0.1, -0.05) is 114 Å². The quantitative estimate of drug-likeness (QED) is 0.273. The zero-order chi connectivity index (χ0) is 29.2. The first-order valence-electron chi connectivity index (χ1n) is 14.4. The molecule has 0 unspecified atom stereocenters. The number of nitrogens with two attached hydrogens (primary N) is 1. The second-order valence-corrected chi connectivity index (χ2v) is 15.0. The molecule has 0 amide bonds. The van der Waals surface area contributed by atoms with Crippen LogP contribution in [0.5, 0.6) is 0 Å². The van der Waals surface area contributed by atoms with E-state index in [1.807, 2.05) is 12.4 Å². The van der Waals surface area contributed by atoms with Crippen LogP contribution in [0.25, 0.3) is 17.2 Å². The van der Waals surface area contributed by atoms with E-state index in [4.69, 9.17) is 25.2 Å². The second-order valence-electron chi connectivity index (χ2n) is 11.9. The van der Waals surface area contributed by atoms with Crippen molar-refractivity contribution in [3.63, 3.8) is 0 Å². The lowest BCUT2D eigenvalue weighted by molar-refractivity contribution is -0.102. The van der Waals surface area contributed by atoms with Gasteiger partial charge in [-0.15, -0.1) is 0 Å². The first kappa shape index (κ1) is 28.0. The first-order chi connectivity index (χ1) is 20.3. The Morgan fingerprint density at radius 1 is 0.929 bits per heavy atom. The predicted molar refractivity (Wildman–Crippen MR) is 171 cm³/mol. The molecule has 3 aromatic carbocycles. The van der Waals surface area contributed by atoms with E-state index in [-0.39, 0.29) is 17.6 Å². The third-order valence-corrected chi connectivity index (χ3v) is 11.5. The number of imidazole rings is 1. The molecule has 0 bridgehead atoms. The summed E-state index contributed by atoms with van der Waals surface area (Å²) >= 11 is 0. The van der Waals surface area contributed by atoms with Gasteiger partial charge in [0.05, 0.1) is 24.6 Å². The molecule has 2 aromatic heterocycles. The first-order valence-corrected chi connectivity index (χ1v) is 16.2. The minimum atomic E-state index is -2.19. The molecule has 8 heteroatoms. The second kappa shape index (κ2) is 11.6. The molecule has 1 saturated heterocycles. The summed E-state index contributed by atoms with van der Waals surface area (Å²) in [4.78, 5) is 13.6. The van der Waals surface area contributed by atoms with Crippen molar-refractivity contribution in [2.45, 2.75) is 44.2 Å². The minimum Gasteiger partial charge on any atom is -0.382 e. The highest BCUT2D eigenvalue weighted by atomic mass is 28.3. The van der Waals surface area contributed by atoms with E-state index in [0.29, 0.717) is 23.6 Å². The summed E-state index contributed by atoms with van der Waals surface area (Å²) in [5.74, 6) is 0.435. The molecule has 7 nitrogen and oxygen atoms in total. The van der Waals surface area contributed by atoms with E-state index in [1.54, 1.807) is 0 Å². The standard InChI is InChI=1S/C34H37N5O2Si/c1-33(2,3)40-22-29-26(20-19-25-13-7-4-8-14-25)21-34(41-29,39-24-38-30-31(35)36-23-37-32(30)39)42(27-15-9-5-10-16-27)28-17-11-6-12-18-28/h4-20,23-24,26,29,42H,21-22H2,1-3H3,(H2,35,36,37)/t26-,29+,34-/m0/s1. The Morgan fingerprint density at radius 3 is 2.17 bits per heavy atom. The van der Waals surface area contributed by atoms with Gasteiger partial charge in [0.2, 0.25) is 0 Å². The van der Waals surface area contributed by atoms with Crippen LogP contribution in [0.3, 0.4) is 0 Å². The molecule has 3 heterocycles. The van der Waals surface area contributed by atoms with Gasteiger partial charge in [0.1, 0.15) is 17.2 Å². The molecule has 6 rings (SSSR count). The van der Waals surface area contributed by atoms with E-state index in [0.717, 1.165) is 12.0 Å². The monoisotopic (exact) mass is 575 g/mol. The zero-order valence-corrected chi connectivity index (χ0v) is 25.5. The summed E-state index contributed by atoms with van der Waals surface area (Å²) in [6.07, 6.45) is 8.37. The summed E-state index contributed by atoms with van der Waals surface area (Å²) in [5.41, 5.74) is 8.39. The largest absolute Gasteiger partial charge is 0.382 e. The van der Waals surface area contributed by atoms with E-state index < -0.39 is 14.1 Å². The highest BCUT2D eigenvalue weighted by Gasteiger charge is 2.54. The van der Waals surface area contributed by atoms with Crippen molar-refractivity contribution in [2.24, 2.45) is 5.92 Å². The van der Waals surface area contributed by atoms with E-state index in [9.17, 15) is 0 Å². The topological polar surface area (TPSA) is 88.1 Å².